The van der Waals surface area contributed by atoms with Crippen LogP contribution in [0.25, 0.3) is 0 Å². The van der Waals surface area contributed by atoms with Gasteiger partial charge in [-0.05, 0) is 36.4 Å². The molecule has 19 heavy (non-hydrogen) atoms. The van der Waals surface area contributed by atoms with Crippen LogP contribution in [0.3, 0.4) is 0 Å². The molecule has 6 heteroatoms. The number of carbonyl (C=O) groups excluding carboxylic acids is 1. The molecule has 1 unspecified atom stereocenters. The number of anilines is 1. The summed E-state index contributed by atoms with van der Waals surface area (Å²) >= 11 is 5.85. The minimum absolute atomic E-state index is 0.00552. The minimum Gasteiger partial charge on any atom is -0.320 e. The first-order chi connectivity index (χ1) is 8.97. The molecule has 2 heterocycles. The van der Waals surface area contributed by atoms with Crippen LogP contribution in [-0.4, -0.2) is 39.5 Å². The fourth-order valence-corrected chi connectivity index (χ4v) is 3.43. The zero-order valence-electron chi connectivity index (χ0n) is 11.3. The number of hydrogen-bond donors (Lipinski definition) is 0. The lowest BCUT2D eigenvalue weighted by Gasteiger charge is -2.29. The van der Waals surface area contributed by atoms with Crippen LogP contribution in [0.5, 0.6) is 0 Å². The van der Waals surface area contributed by atoms with Gasteiger partial charge in [0.25, 0.3) is 0 Å². The lowest BCUT2D eigenvalue weighted by atomic mass is 9.94. The van der Waals surface area contributed by atoms with E-state index in [0.29, 0.717) is 11.7 Å². The molecule has 1 saturated carbocycles. The van der Waals surface area contributed by atoms with Gasteiger partial charge < -0.3 is 4.90 Å². The Balaban J connectivity index is 2.06. The van der Waals surface area contributed by atoms with E-state index in [1.807, 2.05) is 11.9 Å². The molecule has 0 aromatic carbocycles. The Bertz CT molecular complexity index is 529. The van der Waals surface area contributed by atoms with Crippen molar-refractivity contribution >= 4 is 23.4 Å². The summed E-state index contributed by atoms with van der Waals surface area (Å²) in [5, 5.41) is 0.173. The Morgan fingerprint density at radius 1 is 1.47 bits per heavy atom. The highest BCUT2D eigenvalue weighted by Gasteiger charge is 2.64. The number of urea groups is 1. The number of aromatic nitrogens is 2. The van der Waals surface area contributed by atoms with Crippen molar-refractivity contribution in [2.45, 2.75) is 38.3 Å². The second-order valence-corrected chi connectivity index (χ2v) is 6.03. The third kappa shape index (κ3) is 1.71. The van der Waals surface area contributed by atoms with Gasteiger partial charge in [-0.15, -0.1) is 0 Å². The molecular formula is C13H17ClN4O. The number of halogens is 1. The SMILES string of the molecule is CC(C)C1N(c2ccnc(Cl)n2)C(=O)N(C)C12CC2. The largest absolute Gasteiger partial charge is 0.326 e. The molecule has 1 aliphatic heterocycles. The molecule has 1 saturated heterocycles. The Hall–Kier alpha value is -1.36. The van der Waals surface area contributed by atoms with Crippen molar-refractivity contribution in [1.82, 2.24) is 14.9 Å². The second kappa shape index (κ2) is 4.07. The fourth-order valence-electron chi connectivity index (χ4n) is 3.29. The van der Waals surface area contributed by atoms with Gasteiger partial charge >= 0.3 is 6.03 Å². The maximum absolute atomic E-state index is 12.5. The molecule has 1 atom stereocenters. The normalized spacial score (nSPS) is 24.7. The minimum atomic E-state index is -0.0112. The van der Waals surface area contributed by atoms with Crippen LogP contribution in [0, 0.1) is 5.92 Å². The van der Waals surface area contributed by atoms with Gasteiger partial charge in [-0.1, -0.05) is 13.8 Å². The lowest BCUT2D eigenvalue weighted by molar-refractivity contribution is 0.209. The molecular weight excluding hydrogens is 264 g/mol. The molecule has 0 bridgehead atoms. The van der Waals surface area contributed by atoms with E-state index in [-0.39, 0.29) is 22.9 Å². The van der Waals surface area contributed by atoms with Gasteiger partial charge in [0.1, 0.15) is 5.82 Å². The van der Waals surface area contributed by atoms with Crippen LogP contribution < -0.4 is 4.90 Å². The Labute approximate surface area is 117 Å². The Kier molecular flexibility index (Phi) is 2.71. The van der Waals surface area contributed by atoms with Crippen LogP contribution in [0.15, 0.2) is 12.3 Å². The van der Waals surface area contributed by atoms with Gasteiger partial charge in [0.2, 0.25) is 5.28 Å². The van der Waals surface area contributed by atoms with Gasteiger partial charge in [0.15, 0.2) is 0 Å². The molecule has 3 rings (SSSR count). The van der Waals surface area contributed by atoms with Crippen LogP contribution in [0.2, 0.25) is 5.28 Å². The van der Waals surface area contributed by atoms with Crippen molar-refractivity contribution < 1.29 is 4.79 Å². The maximum atomic E-state index is 12.5. The first-order valence-corrected chi connectivity index (χ1v) is 6.91. The Morgan fingerprint density at radius 2 is 2.16 bits per heavy atom. The molecule has 2 aliphatic rings. The highest BCUT2D eigenvalue weighted by Crippen LogP contribution is 2.53. The first kappa shape index (κ1) is 12.7. The zero-order chi connectivity index (χ0) is 13.8. The van der Waals surface area contributed by atoms with Crippen LogP contribution in [-0.2, 0) is 0 Å². The van der Waals surface area contributed by atoms with E-state index in [2.05, 4.69) is 23.8 Å². The Morgan fingerprint density at radius 3 is 2.68 bits per heavy atom. The topological polar surface area (TPSA) is 49.3 Å². The highest BCUT2D eigenvalue weighted by atomic mass is 35.5. The van der Waals surface area contributed by atoms with Crippen molar-refractivity contribution in [1.29, 1.82) is 0 Å². The molecule has 0 radical (unpaired) electrons. The average Bonchev–Trinajstić information content (AvgIpc) is 3.10. The fraction of sp³-hybridized carbons (Fsp3) is 0.615. The van der Waals surface area contributed by atoms with E-state index in [0.717, 1.165) is 12.8 Å². The number of rotatable bonds is 2. The molecule has 1 spiro atoms. The summed E-state index contributed by atoms with van der Waals surface area (Å²) < 4.78 is 0. The van der Waals surface area contributed by atoms with E-state index in [4.69, 9.17) is 11.6 Å². The summed E-state index contributed by atoms with van der Waals surface area (Å²) in [5.41, 5.74) is -0.0112. The summed E-state index contributed by atoms with van der Waals surface area (Å²) in [7, 11) is 1.88. The smallest absolute Gasteiger partial charge is 0.320 e. The number of carbonyl (C=O) groups is 1. The first-order valence-electron chi connectivity index (χ1n) is 6.53. The van der Waals surface area contributed by atoms with Gasteiger partial charge in [0, 0.05) is 13.2 Å². The average molecular weight is 281 g/mol. The molecule has 1 aromatic heterocycles. The third-order valence-electron chi connectivity index (χ3n) is 4.24. The summed E-state index contributed by atoms with van der Waals surface area (Å²) in [5.74, 6) is 0.962. The number of nitrogens with zero attached hydrogens (tertiary/aromatic N) is 4. The van der Waals surface area contributed by atoms with Crippen molar-refractivity contribution in [3.05, 3.63) is 17.5 Å². The molecule has 0 N–H and O–H groups in total. The maximum Gasteiger partial charge on any atom is 0.326 e. The summed E-state index contributed by atoms with van der Waals surface area (Å²) in [6, 6.07) is 1.90. The summed E-state index contributed by atoms with van der Waals surface area (Å²) in [4.78, 5) is 24.3. The van der Waals surface area contributed by atoms with Gasteiger partial charge in [-0.3, -0.25) is 4.90 Å². The van der Waals surface area contributed by atoms with Crippen LogP contribution in [0.4, 0.5) is 10.6 Å². The van der Waals surface area contributed by atoms with Crippen LogP contribution >= 0.6 is 11.6 Å². The van der Waals surface area contributed by atoms with Crippen molar-refractivity contribution in [3.8, 4) is 0 Å². The van der Waals surface area contributed by atoms with Crippen molar-refractivity contribution in [2.75, 3.05) is 11.9 Å². The quantitative estimate of drug-likeness (QED) is 0.782. The molecule has 2 amide bonds. The van der Waals surface area contributed by atoms with E-state index >= 15 is 0 Å². The summed E-state index contributed by atoms with van der Waals surface area (Å²) in [6.45, 7) is 4.29. The van der Waals surface area contributed by atoms with Gasteiger partial charge in [-0.2, -0.15) is 0 Å². The molecule has 1 aliphatic carbocycles. The van der Waals surface area contributed by atoms with E-state index < -0.39 is 0 Å². The van der Waals surface area contributed by atoms with E-state index in [9.17, 15) is 4.79 Å². The number of hydrogen-bond acceptors (Lipinski definition) is 3. The molecule has 102 valence electrons. The second-order valence-electron chi connectivity index (χ2n) is 5.69. The van der Waals surface area contributed by atoms with Crippen molar-refractivity contribution in [3.63, 3.8) is 0 Å². The predicted molar refractivity (Wildman–Crippen MR) is 73.3 cm³/mol. The molecule has 2 fully saturated rings. The van der Waals surface area contributed by atoms with E-state index in [1.54, 1.807) is 17.2 Å². The zero-order valence-corrected chi connectivity index (χ0v) is 12.1. The predicted octanol–water partition coefficient (Wildman–Crippen LogP) is 2.56. The van der Waals surface area contributed by atoms with Crippen molar-refractivity contribution in [2.24, 2.45) is 5.92 Å². The number of amides is 2. The van der Waals surface area contributed by atoms with Crippen LogP contribution in [0.1, 0.15) is 26.7 Å². The molecule has 5 nitrogen and oxygen atoms in total. The van der Waals surface area contributed by atoms with Gasteiger partial charge in [0.05, 0.1) is 11.6 Å². The lowest BCUT2D eigenvalue weighted by Crippen LogP contribution is -2.43. The van der Waals surface area contributed by atoms with Gasteiger partial charge in [-0.25, -0.2) is 14.8 Å². The highest BCUT2D eigenvalue weighted by molar-refractivity contribution is 6.28. The monoisotopic (exact) mass is 280 g/mol. The third-order valence-corrected chi connectivity index (χ3v) is 4.42. The molecule has 1 aromatic rings. The standard InChI is InChI=1S/C13H17ClN4O/c1-8(2)10-13(5-6-13)17(3)12(19)18(10)9-4-7-15-11(14)16-9/h4,7-8,10H,5-6H2,1-3H3. The number of likely N-dealkylation sites (N-methyl/N-ethyl adjacent to an activating group) is 1. The summed E-state index contributed by atoms with van der Waals surface area (Å²) in [6.07, 6.45) is 3.72. The van der Waals surface area contributed by atoms with E-state index in [1.165, 1.54) is 0 Å².